The van der Waals surface area contributed by atoms with Crippen LogP contribution < -0.4 is 0 Å². The molecule has 6 heteroatoms. The number of carbonyl (C=O) groups excluding carboxylic acids is 1. The minimum Gasteiger partial charge on any atom is -0.383 e. The first-order chi connectivity index (χ1) is 9.72. The molecule has 110 valence electrons. The molecule has 1 fully saturated rings. The number of nitrogens with zero attached hydrogens (tertiary/aromatic N) is 3. The van der Waals surface area contributed by atoms with Crippen molar-refractivity contribution in [1.82, 2.24) is 14.8 Å². The summed E-state index contributed by atoms with van der Waals surface area (Å²) in [5.74, 6) is -0.809. The molecule has 1 aromatic rings. The van der Waals surface area contributed by atoms with E-state index in [-0.39, 0.29) is 11.5 Å². The van der Waals surface area contributed by atoms with Crippen molar-refractivity contribution in [2.24, 2.45) is 0 Å². The molecule has 1 saturated heterocycles. The molecular formula is C14H20FN3O2. The summed E-state index contributed by atoms with van der Waals surface area (Å²) in [5, 5.41) is 0. The van der Waals surface area contributed by atoms with E-state index in [2.05, 4.69) is 9.88 Å². The van der Waals surface area contributed by atoms with Gasteiger partial charge in [-0.25, -0.2) is 4.39 Å². The normalized spacial score (nSPS) is 17.0. The van der Waals surface area contributed by atoms with Crippen LogP contribution in [0.2, 0.25) is 0 Å². The Morgan fingerprint density at radius 2 is 2.25 bits per heavy atom. The van der Waals surface area contributed by atoms with E-state index in [1.54, 1.807) is 12.0 Å². The van der Waals surface area contributed by atoms with Crippen molar-refractivity contribution in [1.29, 1.82) is 0 Å². The summed E-state index contributed by atoms with van der Waals surface area (Å²) in [6.45, 7) is 4.55. The standard InChI is InChI=1S/C14H20FN3O2/c1-20-10-9-17-5-2-6-18(8-7-17)14(19)12-3-4-16-11-13(12)15/h3-4,11H,2,5-10H2,1H3. The number of aromatic nitrogens is 1. The van der Waals surface area contributed by atoms with Crippen molar-refractivity contribution in [3.8, 4) is 0 Å². The van der Waals surface area contributed by atoms with Gasteiger partial charge in [0.25, 0.3) is 5.91 Å². The number of hydrogen-bond donors (Lipinski definition) is 0. The molecule has 0 aromatic carbocycles. The third-order valence-corrected chi connectivity index (χ3v) is 3.49. The molecule has 0 spiro atoms. The molecule has 0 N–H and O–H groups in total. The van der Waals surface area contributed by atoms with E-state index < -0.39 is 5.82 Å². The monoisotopic (exact) mass is 281 g/mol. The molecule has 1 aliphatic rings. The SMILES string of the molecule is COCCN1CCCN(C(=O)c2ccncc2F)CC1. The molecule has 0 bridgehead atoms. The van der Waals surface area contributed by atoms with Gasteiger partial charge in [0.1, 0.15) is 0 Å². The third kappa shape index (κ3) is 3.74. The maximum atomic E-state index is 13.6. The number of carbonyl (C=O) groups is 1. The van der Waals surface area contributed by atoms with E-state index in [1.165, 1.54) is 12.3 Å². The largest absolute Gasteiger partial charge is 0.383 e. The van der Waals surface area contributed by atoms with Gasteiger partial charge in [0.05, 0.1) is 18.4 Å². The minimum absolute atomic E-state index is 0.102. The van der Waals surface area contributed by atoms with Gasteiger partial charge < -0.3 is 9.64 Å². The number of rotatable bonds is 4. The van der Waals surface area contributed by atoms with Gasteiger partial charge in [-0.15, -0.1) is 0 Å². The molecule has 0 radical (unpaired) electrons. The van der Waals surface area contributed by atoms with Crippen molar-refractivity contribution >= 4 is 5.91 Å². The van der Waals surface area contributed by atoms with Crippen molar-refractivity contribution in [2.45, 2.75) is 6.42 Å². The summed E-state index contributed by atoms with van der Waals surface area (Å²) in [4.78, 5) is 20.0. The van der Waals surface area contributed by atoms with E-state index in [0.717, 1.165) is 32.3 Å². The third-order valence-electron chi connectivity index (χ3n) is 3.49. The molecule has 0 saturated carbocycles. The number of halogens is 1. The predicted molar refractivity (Wildman–Crippen MR) is 73.0 cm³/mol. The van der Waals surface area contributed by atoms with Crippen LogP contribution in [0.1, 0.15) is 16.8 Å². The highest BCUT2D eigenvalue weighted by Gasteiger charge is 2.22. The Balaban J connectivity index is 1.96. The first-order valence-corrected chi connectivity index (χ1v) is 6.82. The second kappa shape index (κ2) is 7.31. The maximum Gasteiger partial charge on any atom is 0.256 e. The highest BCUT2D eigenvalue weighted by atomic mass is 19.1. The fourth-order valence-electron chi connectivity index (χ4n) is 2.34. The zero-order chi connectivity index (χ0) is 14.4. The average molecular weight is 281 g/mol. The Morgan fingerprint density at radius 1 is 1.40 bits per heavy atom. The number of hydrogen-bond acceptors (Lipinski definition) is 4. The molecule has 5 nitrogen and oxygen atoms in total. The lowest BCUT2D eigenvalue weighted by atomic mass is 10.2. The Labute approximate surface area is 118 Å². The van der Waals surface area contributed by atoms with Crippen LogP contribution in [0, 0.1) is 5.82 Å². The molecule has 0 unspecified atom stereocenters. The second-order valence-electron chi connectivity index (χ2n) is 4.84. The van der Waals surface area contributed by atoms with Crippen LogP contribution in [0.4, 0.5) is 4.39 Å². The Bertz CT molecular complexity index is 456. The number of methoxy groups -OCH3 is 1. The molecular weight excluding hydrogens is 261 g/mol. The van der Waals surface area contributed by atoms with Gasteiger partial charge in [0.2, 0.25) is 0 Å². The van der Waals surface area contributed by atoms with Crippen LogP contribution in [0.25, 0.3) is 0 Å². The van der Waals surface area contributed by atoms with Gasteiger partial charge >= 0.3 is 0 Å². The zero-order valence-electron chi connectivity index (χ0n) is 11.7. The van der Waals surface area contributed by atoms with Gasteiger partial charge in [-0.05, 0) is 19.0 Å². The molecule has 1 aromatic heterocycles. The lowest BCUT2D eigenvalue weighted by Gasteiger charge is -2.22. The highest BCUT2D eigenvalue weighted by Crippen LogP contribution is 2.11. The average Bonchev–Trinajstić information content (AvgIpc) is 2.70. The topological polar surface area (TPSA) is 45.7 Å². The molecule has 0 aliphatic carbocycles. The maximum absolute atomic E-state index is 13.6. The van der Waals surface area contributed by atoms with Crippen molar-refractivity contribution in [3.63, 3.8) is 0 Å². The fourth-order valence-corrected chi connectivity index (χ4v) is 2.34. The summed E-state index contributed by atoms with van der Waals surface area (Å²) in [7, 11) is 1.68. The lowest BCUT2D eigenvalue weighted by Crippen LogP contribution is -2.36. The van der Waals surface area contributed by atoms with E-state index in [0.29, 0.717) is 19.7 Å². The van der Waals surface area contributed by atoms with Gasteiger partial charge in [-0.3, -0.25) is 14.7 Å². The minimum atomic E-state index is -0.557. The molecule has 2 heterocycles. The Kier molecular flexibility index (Phi) is 5.43. The van der Waals surface area contributed by atoms with Crippen LogP contribution in [0.5, 0.6) is 0 Å². The summed E-state index contributed by atoms with van der Waals surface area (Å²) in [5.41, 5.74) is 0.102. The number of ether oxygens (including phenoxy) is 1. The molecule has 1 amide bonds. The Morgan fingerprint density at radius 3 is 3.00 bits per heavy atom. The molecule has 2 rings (SSSR count). The molecule has 20 heavy (non-hydrogen) atoms. The van der Waals surface area contributed by atoms with Crippen molar-refractivity contribution < 1.29 is 13.9 Å². The zero-order valence-corrected chi connectivity index (χ0v) is 11.7. The second-order valence-corrected chi connectivity index (χ2v) is 4.84. The van der Waals surface area contributed by atoms with Crippen LogP contribution in [0.3, 0.4) is 0 Å². The van der Waals surface area contributed by atoms with Crippen molar-refractivity contribution in [2.75, 3.05) is 46.4 Å². The smallest absolute Gasteiger partial charge is 0.256 e. The van der Waals surface area contributed by atoms with Crippen LogP contribution in [0.15, 0.2) is 18.5 Å². The van der Waals surface area contributed by atoms with E-state index in [9.17, 15) is 9.18 Å². The van der Waals surface area contributed by atoms with Gasteiger partial charge in [0, 0.05) is 39.5 Å². The fraction of sp³-hybridized carbons (Fsp3) is 0.571. The summed E-state index contributed by atoms with van der Waals surface area (Å²) >= 11 is 0. The summed E-state index contributed by atoms with van der Waals surface area (Å²) in [6.07, 6.45) is 3.41. The van der Waals surface area contributed by atoms with Gasteiger partial charge in [0.15, 0.2) is 5.82 Å². The number of pyridine rings is 1. The summed E-state index contributed by atoms with van der Waals surface area (Å²) in [6, 6.07) is 1.44. The van der Waals surface area contributed by atoms with Crippen LogP contribution >= 0.6 is 0 Å². The van der Waals surface area contributed by atoms with Gasteiger partial charge in [-0.1, -0.05) is 0 Å². The first-order valence-electron chi connectivity index (χ1n) is 6.82. The van der Waals surface area contributed by atoms with E-state index in [1.807, 2.05) is 0 Å². The number of amides is 1. The molecule has 0 atom stereocenters. The quantitative estimate of drug-likeness (QED) is 0.826. The van der Waals surface area contributed by atoms with E-state index in [4.69, 9.17) is 4.74 Å². The summed E-state index contributed by atoms with van der Waals surface area (Å²) < 4.78 is 18.7. The van der Waals surface area contributed by atoms with Crippen LogP contribution in [-0.4, -0.2) is 67.1 Å². The van der Waals surface area contributed by atoms with Gasteiger partial charge in [-0.2, -0.15) is 0 Å². The first kappa shape index (κ1) is 14.9. The predicted octanol–water partition coefficient (Wildman–Crippen LogP) is 1.01. The molecule has 1 aliphatic heterocycles. The van der Waals surface area contributed by atoms with E-state index >= 15 is 0 Å². The Hall–Kier alpha value is -1.53. The van der Waals surface area contributed by atoms with Crippen LogP contribution in [-0.2, 0) is 4.74 Å². The van der Waals surface area contributed by atoms with Crippen molar-refractivity contribution in [3.05, 3.63) is 29.8 Å². The highest BCUT2D eigenvalue weighted by molar-refractivity contribution is 5.94. The lowest BCUT2D eigenvalue weighted by molar-refractivity contribution is 0.0754.